The van der Waals surface area contributed by atoms with Crippen molar-refractivity contribution >= 4 is 23.5 Å². The second-order valence-electron chi connectivity index (χ2n) is 5.32. The van der Waals surface area contributed by atoms with Crippen molar-refractivity contribution in [3.63, 3.8) is 0 Å². The number of amides is 1. The maximum absolute atomic E-state index is 12.6. The summed E-state index contributed by atoms with van der Waals surface area (Å²) in [6.07, 6.45) is 0. The smallest absolute Gasteiger partial charge is 0.313 e. The Morgan fingerprint density at radius 2 is 1.91 bits per heavy atom. The summed E-state index contributed by atoms with van der Waals surface area (Å²) in [6, 6.07) is 13.3. The van der Waals surface area contributed by atoms with E-state index in [0.29, 0.717) is 21.7 Å². The molecule has 0 radical (unpaired) electrons. The SMILES string of the molecule is CN1C(=O)c2ccccc2[C@@H](C(=O)O)[C@@H]1c1cccc(Cl)c1. The van der Waals surface area contributed by atoms with E-state index in [4.69, 9.17) is 11.6 Å². The number of halogens is 1. The van der Waals surface area contributed by atoms with Crippen LogP contribution in [0.25, 0.3) is 0 Å². The van der Waals surface area contributed by atoms with Crippen molar-refractivity contribution < 1.29 is 14.7 Å². The van der Waals surface area contributed by atoms with E-state index < -0.39 is 17.9 Å². The van der Waals surface area contributed by atoms with Crippen LogP contribution in [0.1, 0.15) is 33.4 Å². The highest BCUT2D eigenvalue weighted by atomic mass is 35.5. The van der Waals surface area contributed by atoms with Crippen LogP contribution in [-0.2, 0) is 4.79 Å². The van der Waals surface area contributed by atoms with Crippen molar-refractivity contribution in [3.05, 3.63) is 70.2 Å². The van der Waals surface area contributed by atoms with E-state index in [1.54, 1.807) is 55.6 Å². The van der Waals surface area contributed by atoms with Gasteiger partial charge in [0, 0.05) is 17.6 Å². The predicted octanol–water partition coefficient (Wildman–Crippen LogP) is 3.34. The zero-order chi connectivity index (χ0) is 15.9. The van der Waals surface area contributed by atoms with E-state index >= 15 is 0 Å². The van der Waals surface area contributed by atoms with E-state index in [2.05, 4.69) is 0 Å². The van der Waals surface area contributed by atoms with E-state index in [-0.39, 0.29) is 5.91 Å². The lowest BCUT2D eigenvalue weighted by molar-refractivity contribution is -0.140. The van der Waals surface area contributed by atoms with Crippen LogP contribution in [0.3, 0.4) is 0 Å². The molecule has 1 aliphatic rings. The quantitative estimate of drug-likeness (QED) is 0.924. The Labute approximate surface area is 132 Å². The second kappa shape index (κ2) is 5.46. The van der Waals surface area contributed by atoms with Crippen LogP contribution in [0.5, 0.6) is 0 Å². The molecule has 2 aromatic carbocycles. The Morgan fingerprint density at radius 1 is 1.18 bits per heavy atom. The van der Waals surface area contributed by atoms with E-state index in [9.17, 15) is 14.7 Å². The monoisotopic (exact) mass is 315 g/mol. The maximum atomic E-state index is 12.6. The number of rotatable bonds is 2. The molecule has 0 aromatic heterocycles. The topological polar surface area (TPSA) is 57.6 Å². The molecule has 112 valence electrons. The summed E-state index contributed by atoms with van der Waals surface area (Å²) in [6.45, 7) is 0. The number of carboxylic acids is 1. The fourth-order valence-corrected chi connectivity index (χ4v) is 3.25. The maximum Gasteiger partial charge on any atom is 0.313 e. The van der Waals surface area contributed by atoms with Crippen molar-refractivity contribution in [1.29, 1.82) is 0 Å². The molecule has 0 spiro atoms. The van der Waals surface area contributed by atoms with Crippen LogP contribution in [0.2, 0.25) is 5.02 Å². The normalized spacial score (nSPS) is 20.6. The number of fused-ring (bicyclic) bond motifs is 1. The van der Waals surface area contributed by atoms with E-state index in [1.165, 1.54) is 4.90 Å². The van der Waals surface area contributed by atoms with Gasteiger partial charge in [0.05, 0.1) is 6.04 Å². The van der Waals surface area contributed by atoms with Gasteiger partial charge in [0.15, 0.2) is 0 Å². The fraction of sp³-hybridized carbons (Fsp3) is 0.176. The minimum Gasteiger partial charge on any atom is -0.481 e. The zero-order valence-electron chi connectivity index (χ0n) is 11.9. The highest BCUT2D eigenvalue weighted by Crippen LogP contribution is 2.42. The van der Waals surface area contributed by atoms with Gasteiger partial charge in [0.25, 0.3) is 5.91 Å². The average molecular weight is 316 g/mol. The van der Waals surface area contributed by atoms with Crippen LogP contribution < -0.4 is 0 Å². The van der Waals surface area contributed by atoms with Crippen LogP contribution in [0.4, 0.5) is 0 Å². The molecule has 1 heterocycles. The zero-order valence-corrected chi connectivity index (χ0v) is 12.6. The molecule has 1 N–H and O–H groups in total. The van der Waals surface area contributed by atoms with Crippen molar-refractivity contribution in [3.8, 4) is 0 Å². The molecule has 5 heteroatoms. The second-order valence-corrected chi connectivity index (χ2v) is 5.76. The molecule has 1 amide bonds. The Balaban J connectivity index is 2.21. The number of hydrogen-bond donors (Lipinski definition) is 1. The van der Waals surface area contributed by atoms with E-state index in [0.717, 1.165) is 0 Å². The first-order valence-corrected chi connectivity index (χ1v) is 7.23. The van der Waals surface area contributed by atoms with Gasteiger partial charge in [-0.2, -0.15) is 0 Å². The number of hydrogen-bond acceptors (Lipinski definition) is 2. The summed E-state index contributed by atoms with van der Waals surface area (Å²) in [7, 11) is 1.62. The van der Waals surface area contributed by atoms with Crippen LogP contribution in [0.15, 0.2) is 48.5 Å². The average Bonchev–Trinajstić information content (AvgIpc) is 2.50. The minimum atomic E-state index is -0.961. The number of likely N-dealkylation sites (N-methyl/N-ethyl adjacent to an activating group) is 1. The number of carbonyl (C=O) groups is 2. The van der Waals surface area contributed by atoms with Crippen molar-refractivity contribution in [1.82, 2.24) is 4.90 Å². The minimum absolute atomic E-state index is 0.182. The third-order valence-electron chi connectivity index (χ3n) is 4.04. The molecule has 2 atom stereocenters. The Hall–Kier alpha value is -2.33. The lowest BCUT2D eigenvalue weighted by atomic mass is 9.80. The molecule has 3 rings (SSSR count). The Morgan fingerprint density at radius 3 is 2.59 bits per heavy atom. The van der Waals surface area contributed by atoms with Gasteiger partial charge in [0.1, 0.15) is 5.92 Å². The van der Waals surface area contributed by atoms with Crippen LogP contribution >= 0.6 is 11.6 Å². The summed E-state index contributed by atoms with van der Waals surface area (Å²) in [5.74, 6) is -1.97. The first-order chi connectivity index (χ1) is 10.5. The molecule has 0 unspecified atom stereocenters. The van der Waals surface area contributed by atoms with Gasteiger partial charge in [-0.3, -0.25) is 9.59 Å². The summed E-state index contributed by atoms with van der Waals surface area (Å²) in [5, 5.41) is 10.2. The molecule has 2 aromatic rings. The molecule has 0 saturated carbocycles. The summed E-state index contributed by atoms with van der Waals surface area (Å²) in [4.78, 5) is 25.9. The lowest BCUT2D eigenvalue weighted by Gasteiger charge is -2.38. The van der Waals surface area contributed by atoms with E-state index in [1.807, 2.05) is 0 Å². The standard InChI is InChI=1S/C17H14ClNO3/c1-19-15(10-5-4-6-11(18)9-10)14(17(21)22)12-7-2-3-8-13(12)16(19)20/h2-9,14-15H,1H3,(H,21,22)/t14-,15+/m1/s1. The van der Waals surface area contributed by atoms with Crippen molar-refractivity contribution in [2.75, 3.05) is 7.05 Å². The highest BCUT2D eigenvalue weighted by molar-refractivity contribution is 6.30. The Bertz CT molecular complexity index is 759. The fourth-order valence-electron chi connectivity index (χ4n) is 3.05. The molecular formula is C17H14ClNO3. The van der Waals surface area contributed by atoms with Crippen LogP contribution in [-0.4, -0.2) is 28.9 Å². The molecule has 0 aliphatic carbocycles. The molecule has 0 bridgehead atoms. The summed E-state index contributed by atoms with van der Waals surface area (Å²) in [5.41, 5.74) is 1.70. The summed E-state index contributed by atoms with van der Waals surface area (Å²) < 4.78 is 0. The lowest BCUT2D eigenvalue weighted by Crippen LogP contribution is -2.42. The number of carbonyl (C=O) groups excluding carboxylic acids is 1. The first kappa shape index (κ1) is 14.6. The van der Waals surface area contributed by atoms with Crippen molar-refractivity contribution in [2.45, 2.75) is 12.0 Å². The van der Waals surface area contributed by atoms with Gasteiger partial charge in [-0.05, 0) is 29.3 Å². The molecule has 22 heavy (non-hydrogen) atoms. The van der Waals surface area contributed by atoms with Gasteiger partial charge in [-0.25, -0.2) is 0 Å². The van der Waals surface area contributed by atoms with Gasteiger partial charge in [0.2, 0.25) is 0 Å². The highest BCUT2D eigenvalue weighted by Gasteiger charge is 2.42. The van der Waals surface area contributed by atoms with Crippen LogP contribution in [0, 0.1) is 0 Å². The number of benzene rings is 2. The van der Waals surface area contributed by atoms with Gasteiger partial charge >= 0.3 is 5.97 Å². The third kappa shape index (κ3) is 2.25. The molecule has 1 aliphatic heterocycles. The Kier molecular flexibility index (Phi) is 3.62. The van der Waals surface area contributed by atoms with Crippen molar-refractivity contribution in [2.24, 2.45) is 0 Å². The molecule has 0 saturated heterocycles. The molecular weight excluding hydrogens is 302 g/mol. The number of nitrogens with zero attached hydrogens (tertiary/aromatic N) is 1. The molecule has 0 fully saturated rings. The predicted molar refractivity (Wildman–Crippen MR) is 83.1 cm³/mol. The molecule has 4 nitrogen and oxygen atoms in total. The number of aliphatic carboxylic acids is 1. The van der Waals surface area contributed by atoms with Gasteiger partial charge in [-0.1, -0.05) is 41.9 Å². The third-order valence-corrected chi connectivity index (χ3v) is 4.27. The first-order valence-electron chi connectivity index (χ1n) is 6.85. The largest absolute Gasteiger partial charge is 0.481 e. The van der Waals surface area contributed by atoms with Gasteiger partial charge < -0.3 is 10.0 Å². The summed E-state index contributed by atoms with van der Waals surface area (Å²) >= 11 is 6.02. The van der Waals surface area contributed by atoms with Gasteiger partial charge in [-0.15, -0.1) is 0 Å². The number of carboxylic acid groups (broad SMARTS) is 1.